The van der Waals surface area contributed by atoms with Crippen molar-refractivity contribution in [1.29, 1.82) is 0 Å². The largest absolute Gasteiger partial charge is 0.493 e. The standard InChI is InChI=1S/C16H21N3O2/c1-4-17-15-10-13(18-16(19-15)11-20-3)12-8-6-7-9-14(12)21-5-2/h6-10H,4-5,11H2,1-3H3,(H,17,18,19). The van der Waals surface area contributed by atoms with Crippen molar-refractivity contribution < 1.29 is 9.47 Å². The maximum atomic E-state index is 5.68. The van der Waals surface area contributed by atoms with Gasteiger partial charge in [0.1, 0.15) is 18.2 Å². The number of ether oxygens (including phenoxy) is 2. The first-order valence-corrected chi connectivity index (χ1v) is 7.11. The molecule has 1 aromatic heterocycles. The minimum atomic E-state index is 0.378. The summed E-state index contributed by atoms with van der Waals surface area (Å²) < 4.78 is 10.8. The Balaban J connectivity index is 2.46. The van der Waals surface area contributed by atoms with E-state index in [1.807, 2.05) is 44.2 Å². The number of benzene rings is 1. The molecule has 5 heteroatoms. The molecule has 0 aliphatic rings. The molecule has 0 saturated carbocycles. The van der Waals surface area contributed by atoms with Crippen LogP contribution >= 0.6 is 0 Å². The first-order valence-electron chi connectivity index (χ1n) is 7.11. The van der Waals surface area contributed by atoms with Crippen LogP contribution in [0.5, 0.6) is 5.75 Å². The van der Waals surface area contributed by atoms with E-state index in [0.29, 0.717) is 19.0 Å². The fourth-order valence-electron chi connectivity index (χ4n) is 2.06. The third kappa shape index (κ3) is 3.92. The molecule has 0 fully saturated rings. The average Bonchev–Trinajstić information content (AvgIpc) is 2.49. The molecule has 0 aliphatic carbocycles. The van der Waals surface area contributed by atoms with Gasteiger partial charge < -0.3 is 14.8 Å². The predicted molar refractivity (Wildman–Crippen MR) is 83.5 cm³/mol. The van der Waals surface area contributed by atoms with Crippen molar-refractivity contribution >= 4 is 5.82 Å². The van der Waals surface area contributed by atoms with Gasteiger partial charge in [-0.15, -0.1) is 0 Å². The third-order valence-electron chi connectivity index (χ3n) is 2.87. The summed E-state index contributed by atoms with van der Waals surface area (Å²) in [5, 5.41) is 3.22. The van der Waals surface area contributed by atoms with Crippen molar-refractivity contribution in [1.82, 2.24) is 9.97 Å². The van der Waals surface area contributed by atoms with Gasteiger partial charge in [0, 0.05) is 25.3 Å². The third-order valence-corrected chi connectivity index (χ3v) is 2.87. The molecular formula is C16H21N3O2. The van der Waals surface area contributed by atoms with Crippen LogP contribution in [0.4, 0.5) is 5.82 Å². The Hall–Kier alpha value is -2.14. The highest BCUT2D eigenvalue weighted by atomic mass is 16.5. The maximum Gasteiger partial charge on any atom is 0.157 e. The Morgan fingerprint density at radius 3 is 2.67 bits per heavy atom. The highest BCUT2D eigenvalue weighted by molar-refractivity contribution is 5.69. The number of anilines is 1. The van der Waals surface area contributed by atoms with Crippen LogP contribution in [0.25, 0.3) is 11.3 Å². The lowest BCUT2D eigenvalue weighted by atomic mass is 10.1. The van der Waals surface area contributed by atoms with Crippen LogP contribution in [0.2, 0.25) is 0 Å². The molecular weight excluding hydrogens is 266 g/mol. The maximum absolute atomic E-state index is 5.68. The second-order valence-electron chi connectivity index (χ2n) is 4.45. The van der Waals surface area contributed by atoms with Gasteiger partial charge >= 0.3 is 0 Å². The van der Waals surface area contributed by atoms with E-state index in [2.05, 4.69) is 15.3 Å². The van der Waals surface area contributed by atoms with E-state index in [-0.39, 0.29) is 0 Å². The topological polar surface area (TPSA) is 56.3 Å². The lowest BCUT2D eigenvalue weighted by Gasteiger charge is -2.12. The molecule has 1 aromatic carbocycles. The second kappa shape index (κ2) is 7.59. The van der Waals surface area contributed by atoms with E-state index in [4.69, 9.17) is 9.47 Å². The number of aromatic nitrogens is 2. The molecule has 5 nitrogen and oxygen atoms in total. The van der Waals surface area contributed by atoms with Gasteiger partial charge in [0.25, 0.3) is 0 Å². The number of hydrogen-bond donors (Lipinski definition) is 1. The van der Waals surface area contributed by atoms with Crippen LogP contribution < -0.4 is 10.1 Å². The zero-order chi connectivity index (χ0) is 15.1. The van der Waals surface area contributed by atoms with E-state index in [1.165, 1.54) is 0 Å². The molecule has 21 heavy (non-hydrogen) atoms. The zero-order valence-electron chi connectivity index (χ0n) is 12.7. The average molecular weight is 287 g/mol. The van der Waals surface area contributed by atoms with Gasteiger partial charge in [-0.05, 0) is 26.0 Å². The summed E-state index contributed by atoms with van der Waals surface area (Å²) in [6, 6.07) is 9.81. The van der Waals surface area contributed by atoms with Crippen molar-refractivity contribution in [2.45, 2.75) is 20.5 Å². The molecule has 112 valence electrons. The van der Waals surface area contributed by atoms with Gasteiger partial charge in [0.2, 0.25) is 0 Å². The Kier molecular flexibility index (Phi) is 5.51. The molecule has 1 heterocycles. The van der Waals surface area contributed by atoms with Gasteiger partial charge in [-0.25, -0.2) is 9.97 Å². The highest BCUT2D eigenvalue weighted by Gasteiger charge is 2.10. The van der Waals surface area contributed by atoms with Crippen molar-refractivity contribution in [3.63, 3.8) is 0 Å². The molecule has 0 unspecified atom stereocenters. The normalized spacial score (nSPS) is 10.4. The summed E-state index contributed by atoms with van der Waals surface area (Å²) >= 11 is 0. The molecule has 2 aromatic rings. The monoisotopic (exact) mass is 287 g/mol. The van der Waals surface area contributed by atoms with E-state index in [0.717, 1.165) is 29.4 Å². The predicted octanol–water partition coefficient (Wildman–Crippen LogP) is 3.12. The lowest BCUT2D eigenvalue weighted by Crippen LogP contribution is -2.06. The molecule has 0 radical (unpaired) electrons. The molecule has 1 N–H and O–H groups in total. The number of para-hydroxylation sites is 1. The van der Waals surface area contributed by atoms with Crippen LogP contribution in [-0.2, 0) is 11.3 Å². The smallest absolute Gasteiger partial charge is 0.157 e. The Morgan fingerprint density at radius 1 is 1.14 bits per heavy atom. The van der Waals surface area contributed by atoms with Crippen LogP contribution in [-0.4, -0.2) is 30.2 Å². The van der Waals surface area contributed by atoms with Gasteiger partial charge in [0.15, 0.2) is 5.82 Å². The summed E-state index contributed by atoms with van der Waals surface area (Å²) in [6.07, 6.45) is 0. The van der Waals surface area contributed by atoms with E-state index >= 15 is 0 Å². The lowest BCUT2D eigenvalue weighted by molar-refractivity contribution is 0.178. The van der Waals surface area contributed by atoms with Gasteiger partial charge in [-0.2, -0.15) is 0 Å². The quantitative estimate of drug-likeness (QED) is 0.848. The van der Waals surface area contributed by atoms with Gasteiger partial charge in [0.05, 0.1) is 12.3 Å². The second-order valence-corrected chi connectivity index (χ2v) is 4.45. The van der Waals surface area contributed by atoms with Crippen LogP contribution in [0.3, 0.4) is 0 Å². The molecule has 0 aliphatic heterocycles. The molecule has 0 saturated heterocycles. The number of methoxy groups -OCH3 is 1. The molecule has 0 spiro atoms. The van der Waals surface area contributed by atoms with Gasteiger partial charge in [-0.1, -0.05) is 12.1 Å². The summed E-state index contributed by atoms with van der Waals surface area (Å²) in [5.74, 6) is 2.27. The fraction of sp³-hybridized carbons (Fsp3) is 0.375. The van der Waals surface area contributed by atoms with E-state index in [1.54, 1.807) is 7.11 Å². The van der Waals surface area contributed by atoms with Crippen LogP contribution in [0.15, 0.2) is 30.3 Å². The summed E-state index contributed by atoms with van der Waals surface area (Å²) in [6.45, 7) is 5.80. The van der Waals surface area contributed by atoms with Crippen LogP contribution in [0, 0.1) is 0 Å². The molecule has 2 rings (SSSR count). The molecule has 0 amide bonds. The van der Waals surface area contributed by atoms with Crippen molar-refractivity contribution in [2.24, 2.45) is 0 Å². The fourth-order valence-corrected chi connectivity index (χ4v) is 2.06. The Labute approximate surface area is 125 Å². The van der Waals surface area contributed by atoms with Crippen LogP contribution in [0.1, 0.15) is 19.7 Å². The van der Waals surface area contributed by atoms with Crippen molar-refractivity contribution in [2.75, 3.05) is 25.6 Å². The summed E-state index contributed by atoms with van der Waals surface area (Å²) in [4.78, 5) is 8.99. The minimum absolute atomic E-state index is 0.378. The summed E-state index contributed by atoms with van der Waals surface area (Å²) in [5.41, 5.74) is 1.79. The van der Waals surface area contributed by atoms with Crippen molar-refractivity contribution in [3.8, 4) is 17.0 Å². The number of hydrogen-bond acceptors (Lipinski definition) is 5. The highest BCUT2D eigenvalue weighted by Crippen LogP contribution is 2.29. The SMILES string of the molecule is CCNc1cc(-c2ccccc2OCC)nc(COC)n1. The van der Waals surface area contributed by atoms with Gasteiger partial charge in [-0.3, -0.25) is 0 Å². The number of rotatable bonds is 7. The Morgan fingerprint density at radius 2 is 1.95 bits per heavy atom. The summed E-state index contributed by atoms with van der Waals surface area (Å²) in [7, 11) is 1.64. The van der Waals surface area contributed by atoms with Crippen molar-refractivity contribution in [3.05, 3.63) is 36.2 Å². The first-order chi connectivity index (χ1) is 10.3. The molecule has 0 bridgehead atoms. The first kappa shape index (κ1) is 15.3. The van der Waals surface area contributed by atoms with E-state index in [9.17, 15) is 0 Å². The minimum Gasteiger partial charge on any atom is -0.493 e. The number of nitrogens with zero attached hydrogens (tertiary/aromatic N) is 2. The zero-order valence-corrected chi connectivity index (χ0v) is 12.7. The Bertz CT molecular complexity index is 563. The molecule has 0 atom stereocenters. The number of nitrogens with one attached hydrogen (secondary N) is 1. The van der Waals surface area contributed by atoms with E-state index < -0.39 is 0 Å².